The second-order valence-electron chi connectivity index (χ2n) is 8.14. The Kier molecular flexibility index (Phi) is 6.72. The van der Waals surface area contributed by atoms with E-state index in [9.17, 15) is 4.79 Å². The number of ether oxygens (including phenoxy) is 1. The molecule has 5 heteroatoms. The minimum absolute atomic E-state index is 0.164. The van der Waals surface area contributed by atoms with Gasteiger partial charge >= 0.3 is 6.09 Å². The first-order chi connectivity index (χ1) is 10.8. The van der Waals surface area contributed by atoms with Gasteiger partial charge in [-0.1, -0.05) is 6.42 Å². The van der Waals surface area contributed by atoms with Crippen molar-refractivity contribution in [2.24, 2.45) is 0 Å². The quantitative estimate of drug-likeness (QED) is 0.756. The molecule has 0 radical (unpaired) electrons. The smallest absolute Gasteiger partial charge is 0.410 e. The molecule has 1 saturated heterocycles. The molecule has 5 nitrogen and oxygen atoms in total. The topological polar surface area (TPSA) is 53.6 Å². The molecule has 1 amide bonds. The summed E-state index contributed by atoms with van der Waals surface area (Å²) in [4.78, 5) is 14.2. The van der Waals surface area contributed by atoms with Gasteiger partial charge in [0.1, 0.15) is 5.60 Å². The van der Waals surface area contributed by atoms with E-state index >= 15 is 0 Å². The molecular formula is C18H35N3O2. The number of hydrogen-bond donors (Lipinski definition) is 2. The Morgan fingerprint density at radius 3 is 2.61 bits per heavy atom. The molecule has 0 bridgehead atoms. The zero-order valence-corrected chi connectivity index (χ0v) is 15.4. The zero-order chi connectivity index (χ0) is 16.9. The molecule has 2 atom stereocenters. The molecule has 2 N–H and O–H groups in total. The summed E-state index contributed by atoms with van der Waals surface area (Å²) in [5, 5.41) is 7.17. The molecule has 134 valence electrons. The summed E-state index contributed by atoms with van der Waals surface area (Å²) in [5.41, 5.74) is -0.419. The fourth-order valence-corrected chi connectivity index (χ4v) is 3.20. The maximum Gasteiger partial charge on any atom is 0.410 e. The number of piperidine rings is 1. The molecule has 1 aliphatic carbocycles. The number of amides is 1. The Labute approximate surface area is 141 Å². The summed E-state index contributed by atoms with van der Waals surface area (Å²) in [6.45, 7) is 10.7. The fraction of sp³-hybridized carbons (Fsp3) is 0.944. The van der Waals surface area contributed by atoms with E-state index in [1.165, 1.54) is 19.3 Å². The summed E-state index contributed by atoms with van der Waals surface area (Å²) >= 11 is 0. The number of carbonyl (C=O) groups is 1. The number of hydrogen-bond acceptors (Lipinski definition) is 4. The van der Waals surface area contributed by atoms with Gasteiger partial charge in [-0.05, 0) is 66.3 Å². The van der Waals surface area contributed by atoms with Gasteiger partial charge in [-0.15, -0.1) is 0 Å². The Hall–Kier alpha value is -0.810. The van der Waals surface area contributed by atoms with Crippen molar-refractivity contribution >= 4 is 6.09 Å². The second-order valence-corrected chi connectivity index (χ2v) is 8.14. The molecule has 1 saturated carbocycles. The Bertz CT molecular complexity index is 371. The van der Waals surface area contributed by atoms with Crippen molar-refractivity contribution in [2.45, 2.75) is 89.9 Å². The van der Waals surface area contributed by atoms with E-state index in [1.54, 1.807) is 0 Å². The van der Waals surface area contributed by atoms with Crippen molar-refractivity contribution in [3.63, 3.8) is 0 Å². The van der Waals surface area contributed by atoms with Crippen LogP contribution in [0.25, 0.3) is 0 Å². The lowest BCUT2D eigenvalue weighted by atomic mass is 9.99. The first-order valence-electron chi connectivity index (χ1n) is 9.31. The molecule has 2 rings (SSSR count). The molecule has 1 heterocycles. The minimum atomic E-state index is -0.419. The largest absolute Gasteiger partial charge is 0.444 e. The van der Waals surface area contributed by atoms with E-state index in [-0.39, 0.29) is 6.09 Å². The van der Waals surface area contributed by atoms with Gasteiger partial charge in [0, 0.05) is 31.2 Å². The predicted molar refractivity (Wildman–Crippen MR) is 93.7 cm³/mol. The highest BCUT2D eigenvalue weighted by Crippen LogP contribution is 2.28. The Morgan fingerprint density at radius 2 is 2.04 bits per heavy atom. The highest BCUT2D eigenvalue weighted by molar-refractivity contribution is 5.69. The first-order valence-corrected chi connectivity index (χ1v) is 9.31. The van der Waals surface area contributed by atoms with Crippen molar-refractivity contribution in [1.29, 1.82) is 0 Å². The lowest BCUT2D eigenvalue weighted by Crippen LogP contribution is -2.44. The van der Waals surface area contributed by atoms with Crippen LogP contribution in [0.2, 0.25) is 0 Å². The predicted octanol–water partition coefficient (Wildman–Crippen LogP) is 2.90. The normalized spacial score (nSPS) is 23.4. The number of rotatable bonds is 7. The number of nitrogens with one attached hydrogen (secondary N) is 2. The third kappa shape index (κ3) is 7.08. The molecular weight excluding hydrogens is 290 g/mol. The van der Waals surface area contributed by atoms with E-state index in [0.717, 1.165) is 38.9 Å². The summed E-state index contributed by atoms with van der Waals surface area (Å²) in [6, 6.07) is 1.52. The van der Waals surface area contributed by atoms with Crippen molar-refractivity contribution < 1.29 is 9.53 Å². The monoisotopic (exact) mass is 325 g/mol. The van der Waals surface area contributed by atoms with E-state index in [0.29, 0.717) is 18.1 Å². The van der Waals surface area contributed by atoms with Gasteiger partial charge in [0.2, 0.25) is 0 Å². The van der Waals surface area contributed by atoms with Crippen LogP contribution in [0, 0.1) is 0 Å². The highest BCUT2D eigenvalue weighted by atomic mass is 16.6. The molecule has 0 aromatic rings. The molecule has 23 heavy (non-hydrogen) atoms. The standard InChI is InChI=1S/C18H35N3O2/c1-14(13-15-7-5-6-10-20-15)19-11-12-21(16-8-9-16)17(22)23-18(2,3)4/h14-16,19-20H,5-13H2,1-4H3. The van der Waals surface area contributed by atoms with Crippen molar-refractivity contribution in [3.8, 4) is 0 Å². The van der Waals surface area contributed by atoms with Crippen molar-refractivity contribution in [1.82, 2.24) is 15.5 Å². The SMILES string of the molecule is CC(CC1CCCCN1)NCCN(C(=O)OC(C)(C)C)C1CC1. The van der Waals surface area contributed by atoms with E-state index in [1.807, 2.05) is 25.7 Å². The lowest BCUT2D eigenvalue weighted by molar-refractivity contribution is 0.0234. The summed E-state index contributed by atoms with van der Waals surface area (Å²) in [6.07, 6.45) is 7.17. The highest BCUT2D eigenvalue weighted by Gasteiger charge is 2.34. The maximum atomic E-state index is 12.3. The zero-order valence-electron chi connectivity index (χ0n) is 15.4. The van der Waals surface area contributed by atoms with Crippen LogP contribution < -0.4 is 10.6 Å². The van der Waals surface area contributed by atoms with Gasteiger partial charge in [0.15, 0.2) is 0 Å². The molecule has 0 spiro atoms. The number of carbonyl (C=O) groups excluding carboxylic acids is 1. The van der Waals surface area contributed by atoms with Crippen LogP contribution in [0.3, 0.4) is 0 Å². The molecule has 2 aliphatic rings. The van der Waals surface area contributed by atoms with E-state index < -0.39 is 5.60 Å². The molecule has 2 fully saturated rings. The van der Waals surface area contributed by atoms with Gasteiger partial charge < -0.3 is 20.3 Å². The van der Waals surface area contributed by atoms with Gasteiger partial charge in [0.05, 0.1) is 0 Å². The summed E-state index contributed by atoms with van der Waals surface area (Å²) < 4.78 is 5.53. The second kappa shape index (κ2) is 8.34. The fourth-order valence-electron chi connectivity index (χ4n) is 3.20. The molecule has 1 aliphatic heterocycles. The van der Waals surface area contributed by atoms with Crippen LogP contribution in [0.1, 0.15) is 66.2 Å². The van der Waals surface area contributed by atoms with Crippen LogP contribution in [0.4, 0.5) is 4.79 Å². The van der Waals surface area contributed by atoms with Crippen molar-refractivity contribution in [2.75, 3.05) is 19.6 Å². The van der Waals surface area contributed by atoms with E-state index in [4.69, 9.17) is 4.74 Å². The van der Waals surface area contributed by atoms with Crippen LogP contribution in [-0.4, -0.2) is 54.4 Å². The van der Waals surface area contributed by atoms with Gasteiger partial charge in [-0.2, -0.15) is 0 Å². The van der Waals surface area contributed by atoms with Gasteiger partial charge in [-0.25, -0.2) is 4.79 Å². The summed E-state index contributed by atoms with van der Waals surface area (Å²) in [5.74, 6) is 0. The summed E-state index contributed by atoms with van der Waals surface area (Å²) in [7, 11) is 0. The minimum Gasteiger partial charge on any atom is -0.444 e. The lowest BCUT2D eigenvalue weighted by Gasteiger charge is -2.29. The Balaban J connectivity index is 1.68. The third-order valence-corrected chi connectivity index (χ3v) is 4.51. The first kappa shape index (κ1) is 18.5. The average Bonchev–Trinajstić information content (AvgIpc) is 3.27. The van der Waals surface area contributed by atoms with Gasteiger partial charge in [0.25, 0.3) is 0 Å². The number of nitrogens with zero attached hydrogens (tertiary/aromatic N) is 1. The van der Waals surface area contributed by atoms with Crippen LogP contribution in [-0.2, 0) is 4.74 Å². The average molecular weight is 325 g/mol. The van der Waals surface area contributed by atoms with Crippen LogP contribution in [0.15, 0.2) is 0 Å². The third-order valence-electron chi connectivity index (χ3n) is 4.51. The van der Waals surface area contributed by atoms with Crippen molar-refractivity contribution in [3.05, 3.63) is 0 Å². The van der Waals surface area contributed by atoms with Crippen LogP contribution >= 0.6 is 0 Å². The molecule has 0 aromatic carbocycles. The molecule has 0 aromatic heterocycles. The van der Waals surface area contributed by atoms with E-state index in [2.05, 4.69) is 17.6 Å². The van der Waals surface area contributed by atoms with Gasteiger partial charge in [-0.3, -0.25) is 0 Å². The molecule has 2 unspecified atom stereocenters. The Morgan fingerprint density at radius 1 is 1.30 bits per heavy atom. The van der Waals surface area contributed by atoms with Crippen LogP contribution in [0.5, 0.6) is 0 Å². The maximum absolute atomic E-state index is 12.3.